The Hall–Kier alpha value is -2.97. The minimum atomic E-state index is -0.633. The second-order valence-electron chi connectivity index (χ2n) is 10.8. The predicted molar refractivity (Wildman–Crippen MR) is 144 cm³/mol. The maximum absolute atomic E-state index is 6.65. The minimum absolute atomic E-state index is 0.457. The number of allylic oxidation sites excluding steroid dienone is 1. The normalized spacial score (nSPS) is 22.4. The fraction of sp³-hybridized carbons (Fsp3) is 0.536. The molecule has 0 atom stereocenters. The molecule has 5 rings (SSSR count). The number of aliphatic imine (C=N–C) groups is 1. The number of rotatable bonds is 6. The van der Waals surface area contributed by atoms with Crippen LogP contribution in [0.1, 0.15) is 45.6 Å². The van der Waals surface area contributed by atoms with Gasteiger partial charge in [0, 0.05) is 67.5 Å². The number of fused-ring (bicyclic) bond motifs is 1. The zero-order chi connectivity index (χ0) is 25.4. The summed E-state index contributed by atoms with van der Waals surface area (Å²) in [6, 6.07) is 2.73. The van der Waals surface area contributed by atoms with Crippen molar-refractivity contribution < 1.29 is 4.74 Å². The summed E-state index contributed by atoms with van der Waals surface area (Å²) in [6.07, 6.45) is 10.9. The first-order valence-corrected chi connectivity index (χ1v) is 13.1. The molecule has 8 heteroatoms. The average molecular weight is 490 g/mol. The van der Waals surface area contributed by atoms with Gasteiger partial charge < -0.3 is 15.0 Å². The van der Waals surface area contributed by atoms with E-state index in [0.717, 1.165) is 53.4 Å². The third kappa shape index (κ3) is 4.84. The number of ether oxygens (including phenoxy) is 1. The first kappa shape index (κ1) is 24.7. The topological polar surface area (TPSA) is 70.8 Å². The van der Waals surface area contributed by atoms with Crippen LogP contribution in [0.3, 0.4) is 0 Å². The van der Waals surface area contributed by atoms with Crippen molar-refractivity contribution in [2.45, 2.75) is 51.7 Å². The van der Waals surface area contributed by atoms with Crippen molar-refractivity contribution in [3.05, 3.63) is 54.5 Å². The molecule has 2 saturated heterocycles. The third-order valence-corrected chi connectivity index (χ3v) is 7.77. The van der Waals surface area contributed by atoms with Gasteiger partial charge >= 0.3 is 0 Å². The summed E-state index contributed by atoms with van der Waals surface area (Å²) in [5, 5.41) is 7.82. The van der Waals surface area contributed by atoms with E-state index >= 15 is 0 Å². The van der Waals surface area contributed by atoms with Crippen LogP contribution in [0.5, 0.6) is 0 Å². The van der Waals surface area contributed by atoms with Crippen molar-refractivity contribution in [2.24, 2.45) is 18.0 Å². The number of nitrogens with one attached hydrogen (secondary N) is 1. The summed E-state index contributed by atoms with van der Waals surface area (Å²) in [4.78, 5) is 14.6. The molecule has 5 heterocycles. The molecule has 0 unspecified atom stereocenters. The van der Waals surface area contributed by atoms with Crippen LogP contribution in [0, 0.1) is 5.92 Å². The van der Waals surface area contributed by atoms with Gasteiger partial charge in [0.2, 0.25) is 0 Å². The Bertz CT molecular complexity index is 1180. The lowest BCUT2D eigenvalue weighted by atomic mass is 9.91. The Morgan fingerprint density at radius 3 is 2.67 bits per heavy atom. The largest absolute Gasteiger partial charge is 0.480 e. The van der Waals surface area contributed by atoms with Gasteiger partial charge in [0.05, 0.1) is 11.9 Å². The predicted octanol–water partition coefficient (Wildman–Crippen LogP) is 4.20. The fourth-order valence-corrected chi connectivity index (χ4v) is 5.53. The first-order chi connectivity index (χ1) is 17.2. The van der Waals surface area contributed by atoms with Gasteiger partial charge in [0.25, 0.3) is 0 Å². The number of likely N-dealkylation sites (tertiary alicyclic amines) is 2. The standard InChI is InChI=1S/C28H39N7O/c1-7-24-25(15-30-19(2)21-17-35(18-21)22-9-12-33(5)13-10-22)36-28(3,4)26-23(8-11-29-27(26)32-24)20-14-31-34(6)16-20/h8,11,14-16,21-22,30H,2,7,9-10,12-13,17-18H2,1,3-6H3/b25-15+. The van der Waals surface area contributed by atoms with Crippen LogP contribution in [0.2, 0.25) is 0 Å². The summed E-state index contributed by atoms with van der Waals surface area (Å²) in [5.74, 6) is 1.90. The number of hydrogen-bond acceptors (Lipinski definition) is 7. The van der Waals surface area contributed by atoms with Crippen LogP contribution in [0.4, 0.5) is 5.82 Å². The molecular weight excluding hydrogens is 450 g/mol. The number of aryl methyl sites for hydroxylation is 1. The molecule has 1 N–H and O–H groups in total. The number of hydrogen-bond donors (Lipinski definition) is 1. The first-order valence-electron chi connectivity index (χ1n) is 13.1. The van der Waals surface area contributed by atoms with Crippen LogP contribution >= 0.6 is 0 Å². The molecule has 0 saturated carbocycles. The van der Waals surface area contributed by atoms with Gasteiger partial charge in [-0.25, -0.2) is 9.98 Å². The Balaban J connectivity index is 1.32. The molecule has 2 aromatic rings. The second-order valence-corrected chi connectivity index (χ2v) is 10.8. The Labute approximate surface area is 214 Å². The van der Waals surface area contributed by atoms with Gasteiger partial charge in [0.15, 0.2) is 11.6 Å². The summed E-state index contributed by atoms with van der Waals surface area (Å²) in [6.45, 7) is 15.2. The quantitative estimate of drug-likeness (QED) is 0.656. The molecular formula is C28H39N7O. The van der Waals surface area contributed by atoms with Gasteiger partial charge in [0.1, 0.15) is 5.60 Å². The van der Waals surface area contributed by atoms with E-state index in [1.807, 2.05) is 42.6 Å². The highest BCUT2D eigenvalue weighted by Crippen LogP contribution is 2.42. The van der Waals surface area contributed by atoms with E-state index in [4.69, 9.17) is 9.73 Å². The van der Waals surface area contributed by atoms with E-state index in [1.165, 1.54) is 25.9 Å². The van der Waals surface area contributed by atoms with Crippen molar-refractivity contribution in [1.29, 1.82) is 0 Å². The van der Waals surface area contributed by atoms with Crippen molar-refractivity contribution in [3.63, 3.8) is 0 Å². The van der Waals surface area contributed by atoms with Crippen molar-refractivity contribution in [3.8, 4) is 11.1 Å². The van der Waals surface area contributed by atoms with Crippen LogP contribution in [0.15, 0.2) is 53.9 Å². The molecule has 2 fully saturated rings. The molecule has 192 valence electrons. The van der Waals surface area contributed by atoms with E-state index < -0.39 is 5.60 Å². The summed E-state index contributed by atoms with van der Waals surface area (Å²) >= 11 is 0. The SMILES string of the molecule is C=C(N/C=C1/OC(C)(C)c2c(-c3cnn(C)c3)ccnc2N=C1CC)C1CN(C2CCN(C)CC2)C1. The lowest BCUT2D eigenvalue weighted by molar-refractivity contribution is 0.0349. The summed E-state index contributed by atoms with van der Waals surface area (Å²) in [5.41, 5.74) is 4.32. The zero-order valence-electron chi connectivity index (χ0n) is 22.3. The molecule has 0 aliphatic carbocycles. The molecule has 0 aromatic carbocycles. The zero-order valence-corrected chi connectivity index (χ0v) is 22.3. The highest BCUT2D eigenvalue weighted by molar-refractivity contribution is 6.00. The average Bonchev–Trinajstić information content (AvgIpc) is 3.21. The minimum Gasteiger partial charge on any atom is -0.480 e. The van der Waals surface area contributed by atoms with Gasteiger partial charge in [-0.05, 0) is 64.9 Å². The van der Waals surface area contributed by atoms with Crippen LogP contribution in [0.25, 0.3) is 11.1 Å². The molecule has 0 amide bonds. The Kier molecular flexibility index (Phi) is 6.74. The molecule has 36 heavy (non-hydrogen) atoms. The Morgan fingerprint density at radius 1 is 1.25 bits per heavy atom. The van der Waals surface area contributed by atoms with Gasteiger partial charge in [-0.15, -0.1) is 0 Å². The summed E-state index contributed by atoms with van der Waals surface area (Å²) in [7, 11) is 4.14. The van der Waals surface area contributed by atoms with Crippen molar-refractivity contribution in [2.75, 3.05) is 33.2 Å². The van der Waals surface area contributed by atoms with Crippen molar-refractivity contribution in [1.82, 2.24) is 29.9 Å². The van der Waals surface area contributed by atoms with E-state index in [1.54, 1.807) is 0 Å². The van der Waals surface area contributed by atoms with E-state index in [0.29, 0.717) is 17.8 Å². The molecule has 0 bridgehead atoms. The lowest BCUT2D eigenvalue weighted by Crippen LogP contribution is -2.56. The van der Waals surface area contributed by atoms with Crippen LogP contribution in [-0.4, -0.2) is 69.5 Å². The highest BCUT2D eigenvalue weighted by atomic mass is 16.5. The highest BCUT2D eigenvalue weighted by Gasteiger charge is 2.36. The maximum Gasteiger partial charge on any atom is 0.160 e. The molecule has 3 aliphatic heterocycles. The van der Waals surface area contributed by atoms with Gasteiger partial charge in [-0.3, -0.25) is 9.58 Å². The van der Waals surface area contributed by atoms with Gasteiger partial charge in [-0.1, -0.05) is 13.5 Å². The van der Waals surface area contributed by atoms with Crippen LogP contribution < -0.4 is 5.32 Å². The number of pyridine rings is 1. The smallest absolute Gasteiger partial charge is 0.160 e. The second kappa shape index (κ2) is 9.82. The molecule has 0 radical (unpaired) electrons. The van der Waals surface area contributed by atoms with E-state index in [9.17, 15) is 0 Å². The number of nitrogens with zero attached hydrogens (tertiary/aromatic N) is 6. The maximum atomic E-state index is 6.65. The Morgan fingerprint density at radius 2 is 2.00 bits per heavy atom. The van der Waals surface area contributed by atoms with Gasteiger partial charge in [-0.2, -0.15) is 5.10 Å². The van der Waals surface area contributed by atoms with E-state index in [2.05, 4.69) is 59.6 Å². The molecule has 0 spiro atoms. The monoisotopic (exact) mass is 489 g/mol. The summed E-state index contributed by atoms with van der Waals surface area (Å²) < 4.78 is 8.46. The van der Waals surface area contributed by atoms with E-state index in [-0.39, 0.29) is 0 Å². The van der Waals surface area contributed by atoms with Crippen molar-refractivity contribution >= 4 is 11.5 Å². The lowest BCUT2D eigenvalue weighted by Gasteiger charge is -2.47. The molecule has 8 nitrogen and oxygen atoms in total. The molecule has 2 aromatic heterocycles. The fourth-order valence-electron chi connectivity index (χ4n) is 5.53. The number of aromatic nitrogens is 3. The van der Waals surface area contributed by atoms with Crippen LogP contribution in [-0.2, 0) is 17.4 Å². The number of piperidine rings is 1. The molecule has 3 aliphatic rings. The third-order valence-electron chi connectivity index (χ3n) is 7.77.